The van der Waals surface area contributed by atoms with Crippen molar-refractivity contribution in [3.05, 3.63) is 88.1 Å². The molecule has 0 aliphatic carbocycles. The molecule has 3 heterocycles. The Balaban J connectivity index is 1.85. The quantitative estimate of drug-likeness (QED) is 0.363. The first kappa shape index (κ1) is 20.7. The van der Waals surface area contributed by atoms with Crippen molar-refractivity contribution < 1.29 is 23.8 Å². The number of carbonyl (C=O) groups is 2. The molecule has 2 aromatic heterocycles. The number of aliphatic hydroxyl groups is 1. The van der Waals surface area contributed by atoms with Crippen molar-refractivity contribution in [1.82, 2.24) is 9.88 Å². The van der Waals surface area contributed by atoms with E-state index in [-0.39, 0.29) is 22.9 Å². The Morgan fingerprint density at radius 1 is 1.26 bits per heavy atom. The Kier molecular flexibility index (Phi) is 5.52. The maximum atomic E-state index is 13.0. The number of nitrogens with zero attached hydrogens (tertiary/aromatic N) is 2. The van der Waals surface area contributed by atoms with Crippen molar-refractivity contribution in [3.63, 3.8) is 0 Å². The first-order valence-corrected chi connectivity index (χ1v) is 9.86. The molecule has 0 bridgehead atoms. The van der Waals surface area contributed by atoms with E-state index < -0.39 is 17.7 Å². The minimum absolute atomic E-state index is 0.0653. The van der Waals surface area contributed by atoms with Crippen LogP contribution in [-0.4, -0.2) is 33.8 Å². The molecule has 1 aliphatic rings. The Labute approximate surface area is 183 Å². The number of Topliss-reactive ketones (excluding diaryl/α,β-unsaturated/α-hetero) is 1. The standard InChI is InChI=1S/C23H19ClN2O5/c1-13-5-7-18(31-13)20-19(21(27)15-6-8-17(30-2)16(24)10-15)22(28)23(29)26(20)12-14-4-3-9-25-11-14/h3-11,20,27H,12H2,1-2H3/b21-19-. The lowest BCUT2D eigenvalue weighted by molar-refractivity contribution is -0.140. The van der Waals surface area contributed by atoms with E-state index in [4.69, 9.17) is 20.8 Å². The highest BCUT2D eigenvalue weighted by Gasteiger charge is 2.47. The van der Waals surface area contributed by atoms with Crippen LogP contribution in [0.2, 0.25) is 5.02 Å². The van der Waals surface area contributed by atoms with Gasteiger partial charge in [-0.15, -0.1) is 0 Å². The molecule has 1 aliphatic heterocycles. The van der Waals surface area contributed by atoms with Crippen molar-refractivity contribution in [1.29, 1.82) is 0 Å². The number of hydrogen-bond donors (Lipinski definition) is 1. The Morgan fingerprint density at radius 3 is 2.68 bits per heavy atom. The summed E-state index contributed by atoms with van der Waals surface area (Å²) in [6.07, 6.45) is 3.24. The molecule has 1 saturated heterocycles. The van der Waals surface area contributed by atoms with E-state index in [0.717, 1.165) is 5.56 Å². The van der Waals surface area contributed by atoms with Crippen LogP contribution in [0.1, 0.15) is 28.7 Å². The number of aryl methyl sites for hydroxylation is 1. The lowest BCUT2D eigenvalue weighted by atomic mass is 9.99. The highest BCUT2D eigenvalue weighted by atomic mass is 35.5. The smallest absolute Gasteiger partial charge is 0.296 e. The summed E-state index contributed by atoms with van der Waals surface area (Å²) < 4.78 is 10.9. The van der Waals surface area contributed by atoms with E-state index in [2.05, 4.69) is 4.98 Å². The fraction of sp³-hybridized carbons (Fsp3) is 0.174. The summed E-state index contributed by atoms with van der Waals surface area (Å²) in [5.74, 6) is -0.447. The van der Waals surface area contributed by atoms with Crippen LogP contribution in [0.3, 0.4) is 0 Å². The second-order valence-corrected chi connectivity index (χ2v) is 7.49. The van der Waals surface area contributed by atoms with Gasteiger partial charge in [0.2, 0.25) is 0 Å². The number of rotatable bonds is 5. The predicted molar refractivity (Wildman–Crippen MR) is 114 cm³/mol. The summed E-state index contributed by atoms with van der Waals surface area (Å²) in [7, 11) is 1.48. The van der Waals surface area contributed by atoms with E-state index in [9.17, 15) is 14.7 Å². The number of carbonyl (C=O) groups excluding carboxylic acids is 2. The van der Waals surface area contributed by atoms with Crippen LogP contribution in [0.4, 0.5) is 0 Å². The second kappa shape index (κ2) is 8.28. The van der Waals surface area contributed by atoms with Crippen molar-refractivity contribution >= 4 is 29.1 Å². The van der Waals surface area contributed by atoms with Gasteiger partial charge in [-0.25, -0.2) is 0 Å². The van der Waals surface area contributed by atoms with Crippen LogP contribution >= 0.6 is 11.6 Å². The minimum Gasteiger partial charge on any atom is -0.507 e. The molecule has 0 spiro atoms. The Hall–Kier alpha value is -3.58. The molecule has 1 unspecified atom stereocenters. The predicted octanol–water partition coefficient (Wildman–Crippen LogP) is 4.27. The van der Waals surface area contributed by atoms with E-state index >= 15 is 0 Å². The average molecular weight is 439 g/mol. The van der Waals surface area contributed by atoms with Gasteiger partial charge >= 0.3 is 0 Å². The van der Waals surface area contributed by atoms with Gasteiger partial charge in [0, 0.05) is 24.5 Å². The number of amides is 1. The van der Waals surface area contributed by atoms with Crippen molar-refractivity contribution in [2.24, 2.45) is 0 Å². The van der Waals surface area contributed by atoms with Gasteiger partial charge in [0.05, 0.1) is 17.7 Å². The number of pyridine rings is 1. The fourth-order valence-corrected chi connectivity index (χ4v) is 3.85. The highest BCUT2D eigenvalue weighted by Crippen LogP contribution is 2.41. The van der Waals surface area contributed by atoms with Crippen molar-refractivity contribution in [2.45, 2.75) is 19.5 Å². The minimum atomic E-state index is -0.894. The monoisotopic (exact) mass is 438 g/mol. The number of likely N-dealkylation sites (tertiary alicyclic amines) is 1. The number of halogens is 1. The molecule has 1 amide bonds. The second-order valence-electron chi connectivity index (χ2n) is 7.09. The molecule has 8 heteroatoms. The van der Waals surface area contributed by atoms with Crippen molar-refractivity contribution in [3.8, 4) is 5.75 Å². The summed E-state index contributed by atoms with van der Waals surface area (Å²) in [6.45, 7) is 1.89. The molecule has 7 nitrogen and oxygen atoms in total. The third-order valence-electron chi connectivity index (χ3n) is 5.07. The molecule has 0 radical (unpaired) electrons. The molecule has 0 saturated carbocycles. The maximum absolute atomic E-state index is 13.0. The number of aliphatic hydroxyl groups excluding tert-OH is 1. The summed E-state index contributed by atoms with van der Waals surface area (Å²) in [4.78, 5) is 31.4. The number of benzene rings is 1. The van der Waals surface area contributed by atoms with Gasteiger partial charge in [-0.2, -0.15) is 0 Å². The molecule has 1 aromatic carbocycles. The van der Waals surface area contributed by atoms with E-state index in [1.54, 1.807) is 55.7 Å². The largest absolute Gasteiger partial charge is 0.507 e. The van der Waals surface area contributed by atoms with Gasteiger partial charge in [0.15, 0.2) is 0 Å². The lowest BCUT2D eigenvalue weighted by Gasteiger charge is -2.23. The van der Waals surface area contributed by atoms with Crippen LogP contribution < -0.4 is 4.74 Å². The average Bonchev–Trinajstić information content (AvgIpc) is 3.30. The number of furan rings is 1. The molecule has 1 fully saturated rings. The lowest BCUT2D eigenvalue weighted by Crippen LogP contribution is -2.29. The van der Waals surface area contributed by atoms with E-state index in [1.807, 2.05) is 0 Å². The van der Waals surface area contributed by atoms with Gasteiger partial charge in [0.25, 0.3) is 11.7 Å². The number of ether oxygens (including phenoxy) is 1. The first-order valence-electron chi connectivity index (χ1n) is 9.48. The number of hydrogen-bond acceptors (Lipinski definition) is 6. The van der Waals surface area contributed by atoms with E-state index in [0.29, 0.717) is 22.8 Å². The number of methoxy groups -OCH3 is 1. The third-order valence-corrected chi connectivity index (χ3v) is 5.37. The molecule has 3 aromatic rings. The van der Waals surface area contributed by atoms with Crippen LogP contribution in [0.5, 0.6) is 5.75 Å². The molecule has 158 valence electrons. The molecule has 1 atom stereocenters. The molecular formula is C23H19ClN2O5. The number of ketones is 1. The van der Waals surface area contributed by atoms with Crippen LogP contribution in [0.15, 0.2) is 64.8 Å². The van der Waals surface area contributed by atoms with Gasteiger partial charge < -0.3 is 19.2 Å². The highest BCUT2D eigenvalue weighted by molar-refractivity contribution is 6.46. The Morgan fingerprint density at radius 2 is 2.06 bits per heavy atom. The van der Waals surface area contributed by atoms with Gasteiger partial charge in [-0.1, -0.05) is 17.7 Å². The summed E-state index contributed by atoms with van der Waals surface area (Å²) in [5, 5.41) is 11.3. The topological polar surface area (TPSA) is 92.9 Å². The van der Waals surface area contributed by atoms with Gasteiger partial charge in [0.1, 0.15) is 29.1 Å². The first-order chi connectivity index (χ1) is 14.9. The molecule has 1 N–H and O–H groups in total. The van der Waals surface area contributed by atoms with E-state index in [1.165, 1.54) is 18.1 Å². The van der Waals surface area contributed by atoms with Gasteiger partial charge in [-0.3, -0.25) is 14.6 Å². The fourth-order valence-electron chi connectivity index (χ4n) is 3.60. The van der Waals surface area contributed by atoms with Crippen LogP contribution in [-0.2, 0) is 16.1 Å². The zero-order valence-corrected chi connectivity index (χ0v) is 17.6. The Bertz CT molecular complexity index is 1190. The summed E-state index contributed by atoms with van der Waals surface area (Å²) >= 11 is 6.19. The zero-order valence-electron chi connectivity index (χ0n) is 16.8. The summed E-state index contributed by atoms with van der Waals surface area (Å²) in [6, 6.07) is 10.7. The maximum Gasteiger partial charge on any atom is 0.296 e. The molecule has 31 heavy (non-hydrogen) atoms. The SMILES string of the molecule is COc1ccc(/C(O)=C2/C(=O)C(=O)N(Cc3cccnc3)C2c2ccc(C)o2)cc1Cl. The normalized spacial score (nSPS) is 17.9. The number of aromatic nitrogens is 1. The van der Waals surface area contributed by atoms with Gasteiger partial charge in [-0.05, 0) is 48.9 Å². The summed E-state index contributed by atoms with van der Waals surface area (Å²) in [5.41, 5.74) is 0.966. The third kappa shape index (κ3) is 3.80. The molecular weight excluding hydrogens is 420 g/mol. The molecule has 4 rings (SSSR count). The van der Waals surface area contributed by atoms with Crippen LogP contribution in [0, 0.1) is 6.92 Å². The van der Waals surface area contributed by atoms with Crippen LogP contribution in [0.25, 0.3) is 5.76 Å². The zero-order chi connectivity index (χ0) is 22.1. The van der Waals surface area contributed by atoms with Crippen molar-refractivity contribution in [2.75, 3.05) is 7.11 Å².